The first-order valence-electron chi connectivity index (χ1n) is 7.93. The van der Waals surface area contributed by atoms with Gasteiger partial charge in [-0.15, -0.1) is 0 Å². The predicted molar refractivity (Wildman–Crippen MR) is 85.7 cm³/mol. The third kappa shape index (κ3) is 4.56. The second-order valence-electron chi connectivity index (χ2n) is 5.96. The van der Waals surface area contributed by atoms with Crippen LogP contribution in [0.3, 0.4) is 0 Å². The number of aliphatic hydroxyl groups excluding tert-OH is 1. The van der Waals surface area contributed by atoms with Gasteiger partial charge in [0, 0.05) is 23.2 Å². The first-order valence-corrected chi connectivity index (χ1v) is 7.93. The summed E-state index contributed by atoms with van der Waals surface area (Å²) in [5.74, 6) is -0.128. The first kappa shape index (κ1) is 16.5. The van der Waals surface area contributed by atoms with Crippen molar-refractivity contribution in [2.24, 2.45) is 5.92 Å². The van der Waals surface area contributed by atoms with Crippen LogP contribution in [-0.2, 0) is 4.79 Å². The Bertz CT molecular complexity index is 524. The second-order valence-corrected chi connectivity index (χ2v) is 5.96. The van der Waals surface area contributed by atoms with E-state index >= 15 is 0 Å². The molecule has 0 heterocycles. The summed E-state index contributed by atoms with van der Waals surface area (Å²) < 4.78 is 0. The average Bonchev–Trinajstić information content (AvgIpc) is 2.55. The van der Waals surface area contributed by atoms with Gasteiger partial charge in [-0.25, -0.2) is 0 Å². The molecular formula is C17H24N2O3. The Labute approximate surface area is 131 Å². The molecule has 2 rings (SSSR count). The van der Waals surface area contributed by atoms with E-state index in [1.807, 2.05) is 0 Å². The number of carbonyl (C=O) groups is 2. The summed E-state index contributed by atoms with van der Waals surface area (Å²) in [7, 11) is 0. The van der Waals surface area contributed by atoms with Crippen molar-refractivity contribution >= 4 is 17.5 Å². The quantitative estimate of drug-likeness (QED) is 0.781. The number of rotatable bonds is 5. The van der Waals surface area contributed by atoms with Gasteiger partial charge < -0.3 is 15.7 Å². The fourth-order valence-corrected chi connectivity index (χ4v) is 2.70. The van der Waals surface area contributed by atoms with Gasteiger partial charge in [-0.3, -0.25) is 9.59 Å². The monoisotopic (exact) mass is 304 g/mol. The third-order valence-corrected chi connectivity index (χ3v) is 4.02. The van der Waals surface area contributed by atoms with Gasteiger partial charge in [-0.1, -0.05) is 25.3 Å². The Balaban J connectivity index is 1.98. The zero-order valence-electron chi connectivity index (χ0n) is 13.0. The maximum atomic E-state index is 12.2. The van der Waals surface area contributed by atoms with E-state index in [1.54, 1.807) is 31.2 Å². The van der Waals surface area contributed by atoms with E-state index in [2.05, 4.69) is 10.6 Å². The Kier molecular flexibility index (Phi) is 5.95. The van der Waals surface area contributed by atoms with E-state index in [1.165, 1.54) is 6.42 Å². The van der Waals surface area contributed by atoms with E-state index in [4.69, 9.17) is 5.11 Å². The number of carbonyl (C=O) groups excluding carboxylic acids is 2. The van der Waals surface area contributed by atoms with Crippen molar-refractivity contribution in [2.45, 2.75) is 45.1 Å². The molecule has 1 unspecified atom stereocenters. The highest BCUT2D eigenvalue weighted by molar-refractivity contribution is 5.97. The van der Waals surface area contributed by atoms with Crippen molar-refractivity contribution in [2.75, 3.05) is 11.9 Å². The Morgan fingerprint density at radius 3 is 2.68 bits per heavy atom. The lowest BCUT2D eigenvalue weighted by molar-refractivity contribution is -0.120. The fraction of sp³-hybridized carbons (Fsp3) is 0.529. The molecule has 0 bridgehead atoms. The molecule has 0 spiro atoms. The van der Waals surface area contributed by atoms with Crippen LogP contribution in [0.5, 0.6) is 0 Å². The number of aliphatic hydroxyl groups is 1. The molecule has 2 amide bonds. The molecule has 5 nitrogen and oxygen atoms in total. The van der Waals surface area contributed by atoms with E-state index in [-0.39, 0.29) is 30.4 Å². The third-order valence-electron chi connectivity index (χ3n) is 4.02. The summed E-state index contributed by atoms with van der Waals surface area (Å²) in [6.07, 6.45) is 5.32. The molecule has 5 heteroatoms. The van der Waals surface area contributed by atoms with Crippen LogP contribution in [0.25, 0.3) is 0 Å². The Morgan fingerprint density at radius 1 is 1.27 bits per heavy atom. The maximum absolute atomic E-state index is 12.2. The lowest BCUT2D eigenvalue weighted by Crippen LogP contribution is -2.35. The molecule has 1 aliphatic rings. The number of anilines is 1. The lowest BCUT2D eigenvalue weighted by atomic mass is 9.88. The van der Waals surface area contributed by atoms with Gasteiger partial charge in [-0.2, -0.15) is 0 Å². The summed E-state index contributed by atoms with van der Waals surface area (Å²) in [4.78, 5) is 24.2. The number of nitrogens with one attached hydrogen (secondary N) is 2. The van der Waals surface area contributed by atoms with E-state index in [0.29, 0.717) is 11.3 Å². The van der Waals surface area contributed by atoms with Crippen molar-refractivity contribution in [3.63, 3.8) is 0 Å². The lowest BCUT2D eigenvalue weighted by Gasteiger charge is -2.20. The summed E-state index contributed by atoms with van der Waals surface area (Å²) >= 11 is 0. The van der Waals surface area contributed by atoms with Crippen molar-refractivity contribution in [3.8, 4) is 0 Å². The van der Waals surface area contributed by atoms with E-state index in [9.17, 15) is 9.59 Å². The van der Waals surface area contributed by atoms with Gasteiger partial charge in [0.15, 0.2) is 0 Å². The largest absolute Gasteiger partial charge is 0.394 e. The minimum atomic E-state index is -0.298. The van der Waals surface area contributed by atoms with Gasteiger partial charge >= 0.3 is 0 Å². The molecule has 1 fully saturated rings. The molecule has 0 radical (unpaired) electrons. The number of hydrogen-bond acceptors (Lipinski definition) is 3. The topological polar surface area (TPSA) is 78.4 Å². The van der Waals surface area contributed by atoms with Gasteiger partial charge in [0.25, 0.3) is 5.91 Å². The number of benzene rings is 1. The Hall–Kier alpha value is -1.88. The van der Waals surface area contributed by atoms with E-state index < -0.39 is 0 Å². The number of amides is 2. The van der Waals surface area contributed by atoms with Crippen LogP contribution >= 0.6 is 0 Å². The summed E-state index contributed by atoms with van der Waals surface area (Å²) in [5, 5.41) is 14.6. The molecule has 120 valence electrons. The van der Waals surface area contributed by atoms with Gasteiger partial charge in [0.05, 0.1) is 6.61 Å². The first-order chi connectivity index (χ1) is 10.6. The highest BCUT2D eigenvalue weighted by atomic mass is 16.3. The van der Waals surface area contributed by atoms with Crippen molar-refractivity contribution < 1.29 is 14.7 Å². The molecule has 1 aromatic carbocycles. The predicted octanol–water partition coefficient (Wildman–Crippen LogP) is 2.32. The van der Waals surface area contributed by atoms with Crippen molar-refractivity contribution in [1.82, 2.24) is 5.32 Å². The molecule has 0 aliphatic heterocycles. The van der Waals surface area contributed by atoms with Crippen LogP contribution < -0.4 is 10.6 Å². The smallest absolute Gasteiger partial charge is 0.251 e. The normalized spacial score (nSPS) is 16.8. The summed E-state index contributed by atoms with van der Waals surface area (Å²) in [6.45, 7) is 1.62. The van der Waals surface area contributed by atoms with Gasteiger partial charge in [0.1, 0.15) is 0 Å². The maximum Gasteiger partial charge on any atom is 0.251 e. The van der Waals surface area contributed by atoms with Crippen LogP contribution in [0.2, 0.25) is 0 Å². The van der Waals surface area contributed by atoms with E-state index in [0.717, 1.165) is 25.7 Å². The van der Waals surface area contributed by atoms with Crippen LogP contribution in [0.1, 0.15) is 49.4 Å². The van der Waals surface area contributed by atoms with Crippen LogP contribution in [-0.4, -0.2) is 29.6 Å². The van der Waals surface area contributed by atoms with Crippen LogP contribution in [0.15, 0.2) is 24.3 Å². The zero-order valence-corrected chi connectivity index (χ0v) is 13.0. The molecule has 0 aromatic heterocycles. The summed E-state index contributed by atoms with van der Waals surface area (Å²) in [5.41, 5.74) is 1.11. The fourth-order valence-electron chi connectivity index (χ4n) is 2.70. The Morgan fingerprint density at radius 2 is 2.00 bits per heavy atom. The minimum Gasteiger partial charge on any atom is -0.394 e. The molecule has 3 N–H and O–H groups in total. The molecule has 1 aromatic rings. The van der Waals surface area contributed by atoms with Gasteiger partial charge in [0.2, 0.25) is 5.91 Å². The number of hydrogen-bond donors (Lipinski definition) is 3. The zero-order chi connectivity index (χ0) is 15.9. The van der Waals surface area contributed by atoms with Crippen molar-refractivity contribution in [3.05, 3.63) is 29.8 Å². The van der Waals surface area contributed by atoms with Crippen LogP contribution in [0.4, 0.5) is 5.69 Å². The minimum absolute atomic E-state index is 0.0426. The molecule has 22 heavy (non-hydrogen) atoms. The van der Waals surface area contributed by atoms with Gasteiger partial charge in [-0.05, 0) is 38.0 Å². The highest BCUT2D eigenvalue weighted by Crippen LogP contribution is 2.25. The SMILES string of the molecule is CC(CO)NC(=O)c1cccc(NC(=O)C2CCCCC2)c1. The van der Waals surface area contributed by atoms with Crippen molar-refractivity contribution in [1.29, 1.82) is 0 Å². The highest BCUT2D eigenvalue weighted by Gasteiger charge is 2.21. The molecule has 1 atom stereocenters. The standard InChI is InChI=1S/C17H24N2O3/c1-12(11-20)18-17(22)14-8-5-9-15(10-14)19-16(21)13-6-3-2-4-7-13/h5,8-10,12-13,20H,2-4,6-7,11H2,1H3,(H,18,22)(H,19,21). The molecule has 0 saturated heterocycles. The molecule has 1 aliphatic carbocycles. The van der Waals surface area contributed by atoms with Crippen LogP contribution in [0, 0.1) is 5.92 Å². The molecular weight excluding hydrogens is 280 g/mol. The molecule has 1 saturated carbocycles. The average molecular weight is 304 g/mol. The summed E-state index contributed by atoms with van der Waals surface area (Å²) in [6, 6.07) is 6.59. The second kappa shape index (κ2) is 7.94.